The summed E-state index contributed by atoms with van der Waals surface area (Å²) in [7, 11) is 0. The fraction of sp³-hybridized carbons (Fsp3) is 0.231. The molecule has 0 unspecified atom stereocenters. The van der Waals surface area contributed by atoms with Gasteiger partial charge in [0.2, 0.25) is 0 Å². The number of carboxylic acids is 1. The van der Waals surface area contributed by atoms with Crippen LogP contribution in [0.15, 0.2) is 35.3 Å². The van der Waals surface area contributed by atoms with Gasteiger partial charge in [0.1, 0.15) is 0 Å². The standard InChI is InChI=1S/C11H12N2O.C2HF3O2/c12-5-3-8-1-2-10-9(7-8)4-6-13-11(10)14;3-2(4,5)1(6)7/h1-2,4,6-7H,3,5,12H2,(H,13,14);(H,6,7). The van der Waals surface area contributed by atoms with E-state index in [9.17, 15) is 18.0 Å². The second-order valence-electron chi connectivity index (χ2n) is 4.07. The number of carbonyl (C=O) groups is 1. The molecule has 2 aromatic rings. The SMILES string of the molecule is NCCc1ccc2c(=O)[nH]ccc2c1.O=C(O)C(F)(F)F. The summed E-state index contributed by atoms with van der Waals surface area (Å²) in [6.45, 7) is 0.634. The van der Waals surface area contributed by atoms with Gasteiger partial charge in [-0.3, -0.25) is 4.79 Å². The largest absolute Gasteiger partial charge is 0.490 e. The molecule has 5 nitrogen and oxygen atoms in total. The van der Waals surface area contributed by atoms with Crippen LogP contribution in [0.5, 0.6) is 0 Å². The van der Waals surface area contributed by atoms with E-state index in [0.717, 1.165) is 17.2 Å². The van der Waals surface area contributed by atoms with Crippen molar-refractivity contribution < 1.29 is 23.1 Å². The maximum atomic E-state index is 11.4. The predicted molar refractivity (Wildman–Crippen MR) is 71.0 cm³/mol. The van der Waals surface area contributed by atoms with E-state index < -0.39 is 12.1 Å². The number of aromatic amines is 1. The van der Waals surface area contributed by atoms with Gasteiger partial charge >= 0.3 is 12.1 Å². The van der Waals surface area contributed by atoms with E-state index in [1.54, 1.807) is 6.20 Å². The molecule has 0 radical (unpaired) electrons. The lowest BCUT2D eigenvalue weighted by molar-refractivity contribution is -0.192. The van der Waals surface area contributed by atoms with Crippen LogP contribution in [0.2, 0.25) is 0 Å². The lowest BCUT2D eigenvalue weighted by atomic mass is 10.1. The van der Waals surface area contributed by atoms with Crippen molar-refractivity contribution in [2.24, 2.45) is 5.73 Å². The first-order valence-corrected chi connectivity index (χ1v) is 5.86. The minimum absolute atomic E-state index is 0.0400. The highest BCUT2D eigenvalue weighted by molar-refractivity contribution is 5.81. The number of aromatic nitrogens is 1. The zero-order chi connectivity index (χ0) is 16.0. The van der Waals surface area contributed by atoms with Crippen LogP contribution in [0.25, 0.3) is 10.8 Å². The molecule has 114 valence electrons. The van der Waals surface area contributed by atoms with Gasteiger partial charge in [-0.1, -0.05) is 12.1 Å². The van der Waals surface area contributed by atoms with Gasteiger partial charge in [0.25, 0.3) is 5.56 Å². The minimum atomic E-state index is -5.08. The fourth-order valence-electron chi connectivity index (χ4n) is 1.56. The van der Waals surface area contributed by atoms with E-state index >= 15 is 0 Å². The van der Waals surface area contributed by atoms with Crippen molar-refractivity contribution in [3.8, 4) is 0 Å². The Labute approximate surface area is 117 Å². The number of benzene rings is 1. The number of hydrogen-bond donors (Lipinski definition) is 3. The molecule has 0 bridgehead atoms. The third kappa shape index (κ3) is 4.92. The van der Waals surface area contributed by atoms with Crippen LogP contribution in [0.3, 0.4) is 0 Å². The van der Waals surface area contributed by atoms with Gasteiger partial charge in [-0.15, -0.1) is 0 Å². The smallest absolute Gasteiger partial charge is 0.475 e. The lowest BCUT2D eigenvalue weighted by Crippen LogP contribution is -2.21. The predicted octanol–water partition coefficient (Wildman–Crippen LogP) is 1.66. The Morgan fingerprint density at radius 1 is 1.29 bits per heavy atom. The van der Waals surface area contributed by atoms with Crippen molar-refractivity contribution in [2.75, 3.05) is 6.54 Å². The van der Waals surface area contributed by atoms with E-state index in [-0.39, 0.29) is 5.56 Å². The number of halogens is 3. The van der Waals surface area contributed by atoms with Crippen LogP contribution in [-0.2, 0) is 11.2 Å². The summed E-state index contributed by atoms with van der Waals surface area (Å²) >= 11 is 0. The van der Waals surface area contributed by atoms with Crippen LogP contribution in [0, 0.1) is 0 Å². The van der Waals surface area contributed by atoms with Crippen molar-refractivity contribution >= 4 is 16.7 Å². The van der Waals surface area contributed by atoms with Gasteiger partial charge in [0, 0.05) is 11.6 Å². The van der Waals surface area contributed by atoms with Crippen molar-refractivity contribution in [1.29, 1.82) is 0 Å². The molecule has 0 atom stereocenters. The van der Waals surface area contributed by atoms with Gasteiger partial charge in [-0.2, -0.15) is 13.2 Å². The summed E-state index contributed by atoms with van der Waals surface area (Å²) in [5, 5.41) is 8.83. The highest BCUT2D eigenvalue weighted by Gasteiger charge is 2.38. The molecule has 0 aliphatic heterocycles. The molecule has 0 saturated carbocycles. The second kappa shape index (κ2) is 6.89. The topological polar surface area (TPSA) is 96.2 Å². The third-order valence-corrected chi connectivity index (χ3v) is 2.51. The minimum Gasteiger partial charge on any atom is -0.475 e. The molecule has 8 heteroatoms. The summed E-state index contributed by atoms with van der Waals surface area (Å²) in [6, 6.07) is 7.71. The average molecular weight is 302 g/mol. The van der Waals surface area contributed by atoms with Gasteiger partial charge in [-0.05, 0) is 36.0 Å². The molecule has 0 fully saturated rings. The van der Waals surface area contributed by atoms with Crippen molar-refractivity contribution in [1.82, 2.24) is 4.98 Å². The molecule has 1 heterocycles. The first kappa shape index (κ1) is 16.7. The Hall–Kier alpha value is -2.35. The fourth-order valence-corrected chi connectivity index (χ4v) is 1.56. The number of fused-ring (bicyclic) bond motifs is 1. The molecule has 0 amide bonds. The first-order chi connectivity index (χ1) is 9.75. The lowest BCUT2D eigenvalue weighted by Gasteiger charge is -2.00. The molecule has 1 aromatic heterocycles. The average Bonchev–Trinajstić information content (AvgIpc) is 2.39. The number of rotatable bonds is 2. The van der Waals surface area contributed by atoms with Crippen LogP contribution >= 0.6 is 0 Å². The summed E-state index contributed by atoms with van der Waals surface area (Å²) in [4.78, 5) is 22.9. The third-order valence-electron chi connectivity index (χ3n) is 2.51. The Bertz CT molecular complexity index is 680. The number of nitrogens with two attached hydrogens (primary N) is 1. The Balaban J connectivity index is 0.000000270. The van der Waals surface area contributed by atoms with Crippen LogP contribution in [0.4, 0.5) is 13.2 Å². The first-order valence-electron chi connectivity index (χ1n) is 5.86. The molecule has 0 aliphatic rings. The number of aliphatic carboxylic acids is 1. The molecular weight excluding hydrogens is 289 g/mol. The van der Waals surface area contributed by atoms with E-state index in [2.05, 4.69) is 4.98 Å². The number of carboxylic acid groups (broad SMARTS) is 1. The Kier molecular flexibility index (Phi) is 5.48. The molecule has 0 spiro atoms. The molecule has 0 aliphatic carbocycles. The number of H-pyrrole nitrogens is 1. The molecular formula is C13H13F3N2O3. The maximum absolute atomic E-state index is 11.4. The number of nitrogens with one attached hydrogen (secondary N) is 1. The van der Waals surface area contributed by atoms with Crippen LogP contribution in [-0.4, -0.2) is 28.8 Å². The summed E-state index contributed by atoms with van der Waals surface area (Å²) in [5.41, 5.74) is 6.60. The number of hydrogen-bond acceptors (Lipinski definition) is 3. The number of pyridine rings is 1. The van der Waals surface area contributed by atoms with Crippen LogP contribution < -0.4 is 11.3 Å². The number of alkyl halides is 3. The molecule has 1 aromatic carbocycles. The molecule has 4 N–H and O–H groups in total. The van der Waals surface area contributed by atoms with Crippen molar-refractivity contribution in [3.63, 3.8) is 0 Å². The summed E-state index contributed by atoms with van der Waals surface area (Å²) in [6.07, 6.45) is -2.57. The highest BCUT2D eigenvalue weighted by Crippen LogP contribution is 2.13. The zero-order valence-electron chi connectivity index (χ0n) is 10.8. The summed E-state index contributed by atoms with van der Waals surface area (Å²) in [5.74, 6) is -2.76. The monoisotopic (exact) mass is 302 g/mol. The van der Waals surface area contributed by atoms with Crippen LogP contribution in [0.1, 0.15) is 5.56 Å². The molecule has 21 heavy (non-hydrogen) atoms. The normalized spacial score (nSPS) is 10.9. The summed E-state index contributed by atoms with van der Waals surface area (Å²) < 4.78 is 31.7. The van der Waals surface area contributed by atoms with Gasteiger partial charge in [-0.25, -0.2) is 4.79 Å². The van der Waals surface area contributed by atoms with E-state index in [1.165, 1.54) is 5.56 Å². The Morgan fingerprint density at radius 3 is 2.43 bits per heavy atom. The van der Waals surface area contributed by atoms with E-state index in [4.69, 9.17) is 15.6 Å². The van der Waals surface area contributed by atoms with Crippen molar-refractivity contribution in [2.45, 2.75) is 12.6 Å². The van der Waals surface area contributed by atoms with Gasteiger partial charge in [0.05, 0.1) is 0 Å². The molecule has 2 rings (SSSR count). The van der Waals surface area contributed by atoms with Crippen molar-refractivity contribution in [3.05, 3.63) is 46.4 Å². The highest BCUT2D eigenvalue weighted by atomic mass is 19.4. The van der Waals surface area contributed by atoms with Gasteiger partial charge in [0.15, 0.2) is 0 Å². The van der Waals surface area contributed by atoms with E-state index in [1.807, 2.05) is 24.3 Å². The van der Waals surface area contributed by atoms with Gasteiger partial charge < -0.3 is 15.8 Å². The maximum Gasteiger partial charge on any atom is 0.490 e. The molecule has 0 saturated heterocycles. The Morgan fingerprint density at radius 2 is 1.90 bits per heavy atom. The van der Waals surface area contributed by atoms with E-state index in [0.29, 0.717) is 6.54 Å². The second-order valence-corrected chi connectivity index (χ2v) is 4.07. The zero-order valence-corrected chi connectivity index (χ0v) is 10.8. The quantitative estimate of drug-likeness (QED) is 0.786.